The molecule has 0 aliphatic carbocycles. The molecule has 0 fully saturated rings. The molecule has 0 aromatic heterocycles. The van der Waals surface area contributed by atoms with E-state index in [1.165, 1.54) is 11.8 Å². The van der Waals surface area contributed by atoms with Gasteiger partial charge in [-0.15, -0.1) is 0 Å². The van der Waals surface area contributed by atoms with Crippen molar-refractivity contribution in [2.75, 3.05) is 5.32 Å². The van der Waals surface area contributed by atoms with E-state index in [9.17, 15) is 4.79 Å². The van der Waals surface area contributed by atoms with E-state index < -0.39 is 10.7 Å². The maximum Gasteiger partial charge on any atom is 0.303 e. The molecule has 1 aromatic carbocycles. The zero-order valence-electron chi connectivity index (χ0n) is 10.4. The maximum absolute atomic E-state index is 10.6. The minimum atomic E-state index is -0.913. The summed E-state index contributed by atoms with van der Waals surface area (Å²) in [6, 6.07) is 11.5. The first kappa shape index (κ1) is 15.5. The first-order chi connectivity index (χ1) is 8.95. The van der Waals surface area contributed by atoms with Crippen molar-refractivity contribution in [1.82, 2.24) is 0 Å². The molecule has 100 valence electrons. The second kappa shape index (κ2) is 7.12. The smallest absolute Gasteiger partial charge is 0.303 e. The number of aliphatic carboxylic acids is 1. The van der Waals surface area contributed by atoms with E-state index in [0.717, 1.165) is 5.69 Å². The summed E-state index contributed by atoms with van der Waals surface area (Å²) in [5, 5.41) is 20.9. The number of para-hydroxylation sites is 1. The molecule has 1 rings (SSSR count). The Hall–Kier alpha value is -1.58. The molecule has 1 unspecified atom stereocenters. The molecular weight excluding hydrogens is 280 g/mol. The predicted molar refractivity (Wildman–Crippen MR) is 81.1 cm³/mol. The molecule has 4 nitrogen and oxygen atoms in total. The first-order valence-electron chi connectivity index (χ1n) is 5.63. The Bertz CT molecular complexity index is 499. The summed E-state index contributed by atoms with van der Waals surface area (Å²) in [4.78, 5) is 10.6. The van der Waals surface area contributed by atoms with Crippen molar-refractivity contribution in [3.8, 4) is 6.07 Å². The highest BCUT2D eigenvalue weighted by Gasteiger charge is 2.27. The van der Waals surface area contributed by atoms with Gasteiger partial charge in [-0.1, -0.05) is 42.2 Å². The Kier molecular flexibility index (Phi) is 5.80. The molecule has 0 saturated carbocycles. The van der Waals surface area contributed by atoms with Crippen LogP contribution in [0.4, 0.5) is 5.69 Å². The zero-order valence-corrected chi connectivity index (χ0v) is 12.1. The number of nitriles is 1. The Morgan fingerprint density at radius 3 is 2.68 bits per heavy atom. The van der Waals surface area contributed by atoms with Crippen LogP contribution in [0.25, 0.3) is 0 Å². The van der Waals surface area contributed by atoms with Crippen molar-refractivity contribution < 1.29 is 9.90 Å². The molecule has 19 heavy (non-hydrogen) atoms. The van der Waals surface area contributed by atoms with Crippen LogP contribution in [0.5, 0.6) is 0 Å². The van der Waals surface area contributed by atoms with Crippen LogP contribution < -0.4 is 5.32 Å². The van der Waals surface area contributed by atoms with E-state index in [1.807, 2.05) is 30.3 Å². The van der Waals surface area contributed by atoms with Crippen molar-refractivity contribution in [3.05, 3.63) is 30.3 Å². The molecule has 0 aliphatic rings. The van der Waals surface area contributed by atoms with Crippen LogP contribution in [0.1, 0.15) is 19.8 Å². The number of nitrogens with zero attached hydrogens (tertiary/aromatic N) is 1. The number of carbonyl (C=O) groups is 1. The topological polar surface area (TPSA) is 73.1 Å². The van der Waals surface area contributed by atoms with Gasteiger partial charge in [0.2, 0.25) is 0 Å². The van der Waals surface area contributed by atoms with Crippen LogP contribution in [0.2, 0.25) is 0 Å². The number of hydrogen-bond donors (Lipinski definition) is 2. The van der Waals surface area contributed by atoms with Gasteiger partial charge in [0.25, 0.3) is 0 Å². The van der Waals surface area contributed by atoms with Gasteiger partial charge in [-0.2, -0.15) is 5.26 Å². The third-order valence-electron chi connectivity index (χ3n) is 2.39. The summed E-state index contributed by atoms with van der Waals surface area (Å²) >= 11 is 6.36. The number of rotatable bonds is 5. The molecule has 2 N–H and O–H groups in total. The highest BCUT2D eigenvalue weighted by Crippen LogP contribution is 2.31. The Morgan fingerprint density at radius 1 is 1.53 bits per heavy atom. The third kappa shape index (κ3) is 5.73. The second-order valence-corrected chi connectivity index (χ2v) is 6.30. The van der Waals surface area contributed by atoms with Gasteiger partial charge in [-0.05, 0) is 25.5 Å². The number of thioether (sulfide) groups is 1. The highest BCUT2D eigenvalue weighted by atomic mass is 32.2. The van der Waals surface area contributed by atoms with Gasteiger partial charge in [0.15, 0.2) is 0 Å². The van der Waals surface area contributed by atoms with Crippen LogP contribution >= 0.6 is 24.0 Å². The Morgan fingerprint density at radius 2 is 2.16 bits per heavy atom. The lowest BCUT2D eigenvalue weighted by Gasteiger charge is -2.20. The van der Waals surface area contributed by atoms with Gasteiger partial charge >= 0.3 is 5.97 Å². The number of thiocarbonyl (C=S) groups is 1. The van der Waals surface area contributed by atoms with Gasteiger partial charge in [-0.25, -0.2) is 0 Å². The summed E-state index contributed by atoms with van der Waals surface area (Å²) in [5.41, 5.74) is 0.846. The van der Waals surface area contributed by atoms with Crippen LogP contribution in [-0.2, 0) is 4.79 Å². The molecule has 0 spiro atoms. The summed E-state index contributed by atoms with van der Waals surface area (Å²) < 4.78 is -0.377. The average Bonchev–Trinajstić information content (AvgIpc) is 2.37. The lowest BCUT2D eigenvalue weighted by molar-refractivity contribution is -0.137. The van der Waals surface area contributed by atoms with Crippen molar-refractivity contribution >= 4 is 40.0 Å². The van der Waals surface area contributed by atoms with Gasteiger partial charge < -0.3 is 10.4 Å². The summed E-state index contributed by atoms with van der Waals surface area (Å²) in [7, 11) is 0. The van der Waals surface area contributed by atoms with E-state index in [-0.39, 0.29) is 12.8 Å². The fourth-order valence-electron chi connectivity index (χ4n) is 1.34. The van der Waals surface area contributed by atoms with Gasteiger partial charge in [-0.3, -0.25) is 4.79 Å². The standard InChI is InChI=1S/C13H14N2O2S2/c1-13(9-14,8-7-11(16)17)19-12(18)15-10-5-3-2-4-6-10/h2-6H,7-8H2,1H3,(H,15,18)(H,16,17). The zero-order chi connectivity index (χ0) is 14.3. The predicted octanol–water partition coefficient (Wildman–Crippen LogP) is 3.26. The first-order valence-corrected chi connectivity index (χ1v) is 6.86. The van der Waals surface area contributed by atoms with Crippen LogP contribution in [0.15, 0.2) is 30.3 Å². The molecule has 0 radical (unpaired) electrons. The normalized spacial score (nSPS) is 13.1. The van der Waals surface area contributed by atoms with Crippen molar-refractivity contribution in [2.45, 2.75) is 24.5 Å². The molecule has 0 heterocycles. The number of carboxylic acid groups (broad SMARTS) is 1. The molecule has 0 amide bonds. The number of carboxylic acids is 1. The van der Waals surface area contributed by atoms with Gasteiger partial charge in [0, 0.05) is 12.1 Å². The second-order valence-electron chi connectivity index (χ2n) is 4.12. The lowest BCUT2D eigenvalue weighted by atomic mass is 10.1. The molecule has 1 aromatic rings. The minimum absolute atomic E-state index is 0.0506. The van der Waals surface area contributed by atoms with Crippen molar-refractivity contribution in [1.29, 1.82) is 5.26 Å². The van der Waals surface area contributed by atoms with Gasteiger partial charge in [0.05, 0.1) is 6.07 Å². The molecule has 0 saturated heterocycles. The van der Waals surface area contributed by atoms with Crippen LogP contribution in [0.3, 0.4) is 0 Å². The summed E-state index contributed by atoms with van der Waals surface area (Å²) in [5.74, 6) is -0.913. The fraction of sp³-hybridized carbons (Fsp3) is 0.308. The number of benzene rings is 1. The maximum atomic E-state index is 10.6. The number of anilines is 1. The van der Waals surface area contributed by atoms with E-state index in [1.54, 1.807) is 6.92 Å². The summed E-state index contributed by atoms with van der Waals surface area (Å²) in [6.07, 6.45) is 0.200. The largest absolute Gasteiger partial charge is 0.481 e. The van der Waals surface area contributed by atoms with E-state index in [2.05, 4.69) is 11.4 Å². The van der Waals surface area contributed by atoms with Gasteiger partial charge in [0.1, 0.15) is 9.07 Å². The lowest BCUT2D eigenvalue weighted by Crippen LogP contribution is -2.23. The van der Waals surface area contributed by atoms with E-state index in [4.69, 9.17) is 22.6 Å². The SMILES string of the molecule is CC(C#N)(CCC(=O)O)SC(=S)Nc1ccccc1. The monoisotopic (exact) mass is 294 g/mol. The molecule has 0 aliphatic heterocycles. The van der Waals surface area contributed by atoms with E-state index >= 15 is 0 Å². The number of nitrogens with one attached hydrogen (secondary N) is 1. The molecular formula is C13H14N2O2S2. The Labute approximate surface area is 121 Å². The highest BCUT2D eigenvalue weighted by molar-refractivity contribution is 8.24. The van der Waals surface area contributed by atoms with Crippen LogP contribution in [-0.4, -0.2) is 20.1 Å². The van der Waals surface area contributed by atoms with Crippen molar-refractivity contribution in [2.24, 2.45) is 0 Å². The minimum Gasteiger partial charge on any atom is -0.481 e. The molecule has 6 heteroatoms. The average molecular weight is 294 g/mol. The molecule has 0 bridgehead atoms. The number of hydrogen-bond acceptors (Lipinski definition) is 4. The van der Waals surface area contributed by atoms with E-state index in [0.29, 0.717) is 4.32 Å². The Balaban J connectivity index is 2.58. The van der Waals surface area contributed by atoms with Crippen LogP contribution in [0, 0.1) is 11.3 Å². The third-order valence-corrected chi connectivity index (χ3v) is 3.78. The fourth-order valence-corrected chi connectivity index (χ4v) is 2.84. The quantitative estimate of drug-likeness (QED) is 0.812. The summed E-state index contributed by atoms with van der Waals surface area (Å²) in [6.45, 7) is 1.69. The van der Waals surface area contributed by atoms with Crippen molar-refractivity contribution in [3.63, 3.8) is 0 Å². The molecule has 1 atom stereocenters.